The Morgan fingerprint density at radius 1 is 1.42 bits per heavy atom. The maximum atomic E-state index is 11.2. The van der Waals surface area contributed by atoms with Crippen LogP contribution in [0.5, 0.6) is 11.5 Å². The van der Waals surface area contributed by atoms with Crippen molar-refractivity contribution in [1.82, 2.24) is 14.7 Å². The van der Waals surface area contributed by atoms with Gasteiger partial charge in [0.25, 0.3) is 5.49 Å². The molecule has 0 aliphatic carbocycles. The fourth-order valence-electron chi connectivity index (χ4n) is 2.17. The van der Waals surface area contributed by atoms with Crippen LogP contribution in [-0.4, -0.2) is 58.3 Å². The summed E-state index contributed by atoms with van der Waals surface area (Å²) in [5, 5.41) is 25.2. The normalized spacial score (nSPS) is 14.0. The van der Waals surface area contributed by atoms with Crippen LogP contribution in [0.3, 0.4) is 0 Å². The largest absolute Gasteiger partial charge is 0.486 e. The van der Waals surface area contributed by atoms with Crippen LogP contribution in [0.2, 0.25) is 0 Å². The molecule has 1 aliphatic heterocycles. The number of methoxy groups -OCH3 is 1. The van der Waals surface area contributed by atoms with Gasteiger partial charge >= 0.3 is 5.82 Å². The third kappa shape index (κ3) is 2.88. The van der Waals surface area contributed by atoms with Crippen LogP contribution < -0.4 is 15.0 Å². The van der Waals surface area contributed by atoms with Gasteiger partial charge in [0, 0.05) is 13.2 Å². The number of hydrogen-bond acceptors (Lipinski definition) is 8. The van der Waals surface area contributed by atoms with Gasteiger partial charge in [-0.2, -0.15) is 0 Å². The Morgan fingerprint density at radius 3 is 2.88 bits per heavy atom. The summed E-state index contributed by atoms with van der Waals surface area (Å²) in [4.78, 5) is 15.9. The molecule has 0 bridgehead atoms. The number of nitro groups is 1. The first kappa shape index (κ1) is 15.8. The van der Waals surface area contributed by atoms with Crippen molar-refractivity contribution in [2.24, 2.45) is 4.99 Å². The lowest BCUT2D eigenvalue weighted by molar-refractivity contribution is -0.391. The van der Waals surface area contributed by atoms with Crippen molar-refractivity contribution < 1.29 is 24.3 Å². The molecular formula is C13H15N5O6. The number of rotatable bonds is 5. The number of fused-ring (bicyclic) bond motifs is 1. The predicted molar refractivity (Wildman–Crippen MR) is 78.7 cm³/mol. The first-order valence-electron chi connectivity index (χ1n) is 7.07. The summed E-state index contributed by atoms with van der Waals surface area (Å²) < 4.78 is 15.7. The predicted octanol–water partition coefficient (Wildman–Crippen LogP) is 0.138. The highest BCUT2D eigenvalue weighted by Crippen LogP contribution is 2.31. The highest BCUT2D eigenvalue weighted by molar-refractivity contribution is 5.48. The van der Waals surface area contributed by atoms with E-state index in [0.717, 1.165) is 4.80 Å². The van der Waals surface area contributed by atoms with E-state index in [1.807, 2.05) is 0 Å². The van der Waals surface area contributed by atoms with Crippen molar-refractivity contribution in [2.45, 2.75) is 0 Å². The van der Waals surface area contributed by atoms with Gasteiger partial charge in [0.2, 0.25) is 0 Å². The standard InChI is InChI=1S/C13H15N5O6/c1-22-5-4-14-12-13(18(20)21)15-16(17(12)19)9-2-3-10-11(8-9)24-7-6-23-10/h2-3,8,19H,4-7H2,1H3. The Labute approximate surface area is 135 Å². The fourth-order valence-corrected chi connectivity index (χ4v) is 2.17. The van der Waals surface area contributed by atoms with Crippen LogP contribution in [0.15, 0.2) is 23.2 Å². The van der Waals surface area contributed by atoms with Crippen LogP contribution in [0.25, 0.3) is 5.69 Å². The van der Waals surface area contributed by atoms with E-state index in [1.54, 1.807) is 18.2 Å². The molecule has 0 amide bonds. The van der Waals surface area contributed by atoms with Crippen LogP contribution in [0.1, 0.15) is 0 Å². The molecule has 24 heavy (non-hydrogen) atoms. The fraction of sp³-hybridized carbons (Fsp3) is 0.385. The molecule has 0 saturated heterocycles. The van der Waals surface area contributed by atoms with Gasteiger partial charge in [0.15, 0.2) is 11.5 Å². The minimum absolute atomic E-state index is 0.144. The number of benzene rings is 1. The third-order valence-electron chi connectivity index (χ3n) is 3.24. The summed E-state index contributed by atoms with van der Waals surface area (Å²) in [6.07, 6.45) is 0. The Hall–Kier alpha value is -3.08. The summed E-state index contributed by atoms with van der Waals surface area (Å²) in [7, 11) is 1.48. The number of ether oxygens (including phenoxy) is 3. The molecule has 0 atom stereocenters. The van der Waals surface area contributed by atoms with Gasteiger partial charge in [-0.25, -0.2) is 0 Å². The molecule has 0 radical (unpaired) electrons. The Balaban J connectivity index is 2.07. The van der Waals surface area contributed by atoms with E-state index >= 15 is 0 Å². The molecule has 0 unspecified atom stereocenters. The van der Waals surface area contributed by atoms with Gasteiger partial charge in [-0.1, -0.05) is 4.85 Å². The smallest absolute Gasteiger partial charge is 0.438 e. The lowest BCUT2D eigenvalue weighted by Gasteiger charge is -2.18. The maximum absolute atomic E-state index is 11.2. The van der Waals surface area contributed by atoms with Gasteiger partial charge in [0.05, 0.1) is 18.3 Å². The quantitative estimate of drug-likeness (QED) is 0.356. The maximum Gasteiger partial charge on any atom is 0.438 e. The van der Waals surface area contributed by atoms with Crippen LogP contribution in [0, 0.1) is 10.1 Å². The van der Waals surface area contributed by atoms with E-state index < -0.39 is 10.7 Å². The Kier molecular flexibility index (Phi) is 4.33. The molecular weight excluding hydrogens is 322 g/mol. The molecule has 11 heteroatoms. The molecule has 0 spiro atoms. The highest BCUT2D eigenvalue weighted by atomic mass is 16.6. The number of aromatic nitrogens is 3. The lowest BCUT2D eigenvalue weighted by atomic mass is 10.2. The third-order valence-corrected chi connectivity index (χ3v) is 3.24. The summed E-state index contributed by atoms with van der Waals surface area (Å²) in [6, 6.07) is 4.80. The lowest BCUT2D eigenvalue weighted by Crippen LogP contribution is -2.23. The average molecular weight is 337 g/mol. The molecule has 3 rings (SSSR count). The molecule has 1 N–H and O–H groups in total. The summed E-state index contributed by atoms with van der Waals surface area (Å²) in [5.74, 6) is 0.458. The zero-order chi connectivity index (χ0) is 17.1. The van der Waals surface area contributed by atoms with Crippen molar-refractivity contribution in [3.05, 3.63) is 33.8 Å². The first-order chi connectivity index (χ1) is 11.6. The molecule has 11 nitrogen and oxygen atoms in total. The monoisotopic (exact) mass is 337 g/mol. The summed E-state index contributed by atoms with van der Waals surface area (Å²) in [6.45, 7) is 1.24. The van der Waals surface area contributed by atoms with Crippen molar-refractivity contribution >= 4 is 5.82 Å². The van der Waals surface area contributed by atoms with Crippen molar-refractivity contribution in [1.29, 1.82) is 0 Å². The molecule has 1 aromatic heterocycles. The average Bonchev–Trinajstić information content (AvgIpc) is 2.92. The molecule has 2 aromatic rings. The van der Waals surface area contributed by atoms with Gasteiger partial charge < -0.3 is 29.5 Å². The molecule has 1 aromatic carbocycles. The minimum Gasteiger partial charge on any atom is -0.486 e. The van der Waals surface area contributed by atoms with E-state index in [0.29, 0.717) is 35.2 Å². The molecule has 0 fully saturated rings. The zero-order valence-corrected chi connectivity index (χ0v) is 12.8. The Bertz CT molecular complexity index is 827. The molecule has 2 heterocycles. The second-order valence-corrected chi connectivity index (χ2v) is 4.79. The van der Waals surface area contributed by atoms with Gasteiger partial charge in [-0.05, 0) is 21.9 Å². The second kappa shape index (κ2) is 6.58. The van der Waals surface area contributed by atoms with Crippen LogP contribution in [-0.2, 0) is 4.74 Å². The van der Waals surface area contributed by atoms with Crippen LogP contribution in [0.4, 0.5) is 5.82 Å². The van der Waals surface area contributed by atoms with Crippen molar-refractivity contribution in [2.75, 3.05) is 33.5 Å². The first-order valence-corrected chi connectivity index (χ1v) is 7.07. The van der Waals surface area contributed by atoms with E-state index in [9.17, 15) is 15.3 Å². The van der Waals surface area contributed by atoms with Crippen molar-refractivity contribution in [3.63, 3.8) is 0 Å². The summed E-state index contributed by atoms with van der Waals surface area (Å²) in [5.41, 5.74) is 0.0879. The van der Waals surface area contributed by atoms with Gasteiger partial charge in [-0.3, -0.25) is 4.99 Å². The zero-order valence-electron chi connectivity index (χ0n) is 12.8. The Morgan fingerprint density at radius 2 is 2.17 bits per heavy atom. The number of hydrogen-bond donors (Lipinski definition) is 1. The van der Waals surface area contributed by atoms with E-state index in [4.69, 9.17) is 14.2 Å². The van der Waals surface area contributed by atoms with E-state index in [2.05, 4.69) is 10.1 Å². The van der Waals surface area contributed by atoms with E-state index in [-0.39, 0.29) is 18.6 Å². The minimum atomic E-state index is -0.715. The van der Waals surface area contributed by atoms with Crippen LogP contribution >= 0.6 is 0 Å². The molecule has 0 saturated carbocycles. The van der Waals surface area contributed by atoms with Crippen molar-refractivity contribution in [3.8, 4) is 17.2 Å². The SMILES string of the molecule is COCCN=c1c([N+](=O)[O-])nn(-c2ccc3c(c2)OCCO3)n1O. The van der Waals surface area contributed by atoms with Gasteiger partial charge in [-0.15, -0.1) is 0 Å². The second-order valence-electron chi connectivity index (χ2n) is 4.79. The molecule has 128 valence electrons. The van der Waals surface area contributed by atoms with E-state index in [1.165, 1.54) is 7.11 Å². The highest BCUT2D eigenvalue weighted by Gasteiger charge is 2.25. The molecule has 1 aliphatic rings. The van der Waals surface area contributed by atoms with Gasteiger partial charge in [0.1, 0.15) is 18.9 Å². The topological polar surface area (TPSA) is 126 Å². The number of nitrogens with zero attached hydrogens (tertiary/aromatic N) is 5. The summed E-state index contributed by atoms with van der Waals surface area (Å²) >= 11 is 0.